The van der Waals surface area contributed by atoms with Gasteiger partial charge < -0.3 is 19.9 Å². The maximum atomic E-state index is 13.3. The van der Waals surface area contributed by atoms with Crippen LogP contribution in [0.4, 0.5) is 10.1 Å². The van der Waals surface area contributed by atoms with Crippen LogP contribution in [0, 0.1) is 5.82 Å². The molecule has 0 bridgehead atoms. The van der Waals surface area contributed by atoms with Gasteiger partial charge in [-0.1, -0.05) is 36.4 Å². The van der Waals surface area contributed by atoms with E-state index >= 15 is 0 Å². The molecule has 0 radical (unpaired) electrons. The first-order chi connectivity index (χ1) is 14.6. The monoisotopic (exact) mass is 536 g/mol. The Kier molecular flexibility index (Phi) is 8.31. The van der Waals surface area contributed by atoms with Crippen LogP contribution in [-0.2, 0) is 11.3 Å². The summed E-state index contributed by atoms with van der Waals surface area (Å²) in [5, 5.41) is 3.48. The highest BCUT2D eigenvalue weighted by Crippen LogP contribution is 2.25. The van der Waals surface area contributed by atoms with Crippen LogP contribution in [0.15, 0.2) is 65.7 Å². The van der Waals surface area contributed by atoms with Gasteiger partial charge in [0.2, 0.25) is 0 Å². The summed E-state index contributed by atoms with van der Waals surface area (Å²) in [5.41, 5.74) is 3.44. The van der Waals surface area contributed by atoms with Gasteiger partial charge in [0.15, 0.2) is 5.96 Å². The molecule has 31 heavy (non-hydrogen) atoms. The number of hydrogen-bond donors (Lipinski definition) is 1. The molecule has 1 saturated heterocycles. The Labute approximate surface area is 201 Å². The average Bonchev–Trinajstić information content (AvgIpc) is 3.30. The van der Waals surface area contributed by atoms with Crippen molar-refractivity contribution in [2.75, 3.05) is 38.1 Å². The Hall–Kier alpha value is -2.13. The highest BCUT2D eigenvalue weighted by atomic mass is 127. The topological polar surface area (TPSA) is 40.1 Å². The zero-order valence-corrected chi connectivity index (χ0v) is 20.3. The molecule has 0 amide bonds. The van der Waals surface area contributed by atoms with E-state index in [1.807, 2.05) is 0 Å². The van der Waals surface area contributed by atoms with Gasteiger partial charge in [0.05, 0.1) is 12.6 Å². The predicted molar refractivity (Wildman–Crippen MR) is 135 cm³/mol. The van der Waals surface area contributed by atoms with Crippen molar-refractivity contribution >= 4 is 35.6 Å². The molecule has 2 unspecified atom stereocenters. The Morgan fingerprint density at radius 3 is 2.39 bits per heavy atom. The van der Waals surface area contributed by atoms with Crippen LogP contribution in [0.1, 0.15) is 24.2 Å². The number of nitrogens with one attached hydrogen (secondary N) is 1. The fourth-order valence-corrected chi connectivity index (χ4v) is 4.01. The Bertz CT molecular complexity index is 893. The minimum absolute atomic E-state index is 0. The molecule has 2 aliphatic heterocycles. The number of rotatable bonds is 4. The molecule has 2 aromatic rings. The SMILES string of the molecule is CN=C(NCc1ccc(N2CC=CC2)cc1)N1CC(C)OC(c2ccc(F)cc2)C1.I. The fraction of sp³-hybridized carbons (Fsp3) is 0.375. The largest absolute Gasteiger partial charge is 0.367 e. The van der Waals surface area contributed by atoms with E-state index in [0.717, 1.165) is 31.2 Å². The van der Waals surface area contributed by atoms with Crippen molar-refractivity contribution in [3.63, 3.8) is 0 Å². The smallest absolute Gasteiger partial charge is 0.194 e. The van der Waals surface area contributed by atoms with E-state index in [4.69, 9.17) is 4.74 Å². The average molecular weight is 536 g/mol. The van der Waals surface area contributed by atoms with Crippen LogP contribution in [-0.4, -0.2) is 50.2 Å². The third kappa shape index (κ3) is 5.98. The Morgan fingerprint density at radius 1 is 1.06 bits per heavy atom. The molecule has 7 heteroatoms. The lowest BCUT2D eigenvalue weighted by atomic mass is 10.1. The summed E-state index contributed by atoms with van der Waals surface area (Å²) >= 11 is 0. The first kappa shape index (κ1) is 23.5. The van der Waals surface area contributed by atoms with E-state index in [-0.39, 0.29) is 42.0 Å². The third-order valence-electron chi connectivity index (χ3n) is 5.58. The highest BCUT2D eigenvalue weighted by Gasteiger charge is 2.28. The summed E-state index contributed by atoms with van der Waals surface area (Å²) in [6.45, 7) is 6.16. The third-order valence-corrected chi connectivity index (χ3v) is 5.58. The molecule has 1 fully saturated rings. The summed E-state index contributed by atoms with van der Waals surface area (Å²) in [4.78, 5) is 9.03. The van der Waals surface area contributed by atoms with Gasteiger partial charge in [0.1, 0.15) is 11.9 Å². The lowest BCUT2D eigenvalue weighted by molar-refractivity contribution is -0.0605. The van der Waals surface area contributed by atoms with E-state index in [1.165, 1.54) is 23.4 Å². The molecule has 0 aromatic heterocycles. The van der Waals surface area contributed by atoms with Gasteiger partial charge >= 0.3 is 0 Å². The number of hydrogen-bond acceptors (Lipinski definition) is 3. The van der Waals surface area contributed by atoms with E-state index < -0.39 is 0 Å². The van der Waals surface area contributed by atoms with Gasteiger partial charge in [-0.25, -0.2) is 4.39 Å². The molecule has 0 saturated carbocycles. The Balaban J connectivity index is 0.00000272. The fourth-order valence-electron chi connectivity index (χ4n) is 4.01. The number of halogens is 2. The van der Waals surface area contributed by atoms with E-state index in [1.54, 1.807) is 19.2 Å². The van der Waals surface area contributed by atoms with Gasteiger partial charge in [-0.05, 0) is 42.3 Å². The molecule has 2 heterocycles. The first-order valence-electron chi connectivity index (χ1n) is 10.5. The maximum absolute atomic E-state index is 13.3. The lowest BCUT2D eigenvalue weighted by Gasteiger charge is -2.38. The van der Waals surface area contributed by atoms with Crippen molar-refractivity contribution in [3.05, 3.63) is 77.6 Å². The molecule has 0 aliphatic carbocycles. The van der Waals surface area contributed by atoms with Gasteiger partial charge in [0, 0.05) is 38.9 Å². The summed E-state index contributed by atoms with van der Waals surface area (Å²) in [5.74, 6) is 0.619. The minimum atomic E-state index is -0.232. The zero-order chi connectivity index (χ0) is 20.9. The summed E-state index contributed by atoms with van der Waals surface area (Å²) in [6.07, 6.45) is 4.34. The molecular formula is C24H30FIN4O. The number of benzene rings is 2. The molecule has 166 valence electrons. The minimum Gasteiger partial charge on any atom is -0.367 e. The van der Waals surface area contributed by atoms with Crippen molar-refractivity contribution < 1.29 is 9.13 Å². The van der Waals surface area contributed by atoms with E-state index in [9.17, 15) is 4.39 Å². The van der Waals surface area contributed by atoms with Crippen LogP contribution in [0.5, 0.6) is 0 Å². The standard InChI is InChI=1S/C24H29FN4O.HI/c1-18-16-29(17-23(30-18)20-7-9-21(25)10-8-20)24(26-2)27-15-19-5-11-22(12-6-19)28-13-3-4-14-28;/h3-12,18,23H,13-17H2,1-2H3,(H,26,27);1H. The number of guanidine groups is 1. The van der Waals surface area contributed by atoms with Gasteiger partial charge in [0.25, 0.3) is 0 Å². The number of morpholine rings is 1. The second-order valence-corrected chi connectivity index (χ2v) is 7.84. The number of aliphatic imine (C=N–C) groups is 1. The van der Waals surface area contributed by atoms with Crippen molar-refractivity contribution in [1.29, 1.82) is 0 Å². The summed E-state index contributed by atoms with van der Waals surface area (Å²) in [6, 6.07) is 15.2. The number of anilines is 1. The summed E-state index contributed by atoms with van der Waals surface area (Å²) < 4.78 is 19.4. The second kappa shape index (κ2) is 10.9. The van der Waals surface area contributed by atoms with Crippen LogP contribution in [0.25, 0.3) is 0 Å². The second-order valence-electron chi connectivity index (χ2n) is 7.84. The quantitative estimate of drug-likeness (QED) is 0.273. The highest BCUT2D eigenvalue weighted by molar-refractivity contribution is 14.0. The van der Waals surface area contributed by atoms with Crippen LogP contribution in [0.2, 0.25) is 0 Å². The Morgan fingerprint density at radius 2 is 1.74 bits per heavy atom. The van der Waals surface area contributed by atoms with E-state index in [2.05, 4.69) is 63.5 Å². The van der Waals surface area contributed by atoms with Crippen LogP contribution in [0.3, 0.4) is 0 Å². The molecular weight excluding hydrogens is 506 g/mol. The molecule has 0 spiro atoms. The zero-order valence-electron chi connectivity index (χ0n) is 18.0. The van der Waals surface area contributed by atoms with Gasteiger partial charge in [-0.2, -0.15) is 0 Å². The van der Waals surface area contributed by atoms with Gasteiger partial charge in [-0.15, -0.1) is 24.0 Å². The van der Waals surface area contributed by atoms with Crippen LogP contribution < -0.4 is 10.2 Å². The lowest BCUT2D eigenvalue weighted by Crippen LogP contribution is -2.50. The number of ether oxygens (including phenoxy) is 1. The maximum Gasteiger partial charge on any atom is 0.194 e. The molecule has 2 atom stereocenters. The van der Waals surface area contributed by atoms with Crippen LogP contribution >= 0.6 is 24.0 Å². The van der Waals surface area contributed by atoms with Crippen molar-refractivity contribution in [2.45, 2.75) is 25.7 Å². The summed E-state index contributed by atoms with van der Waals surface area (Å²) in [7, 11) is 1.80. The van der Waals surface area contributed by atoms with Crippen molar-refractivity contribution in [3.8, 4) is 0 Å². The molecule has 1 N–H and O–H groups in total. The molecule has 2 aliphatic rings. The molecule has 4 rings (SSSR count). The van der Waals surface area contributed by atoms with Crippen molar-refractivity contribution in [2.24, 2.45) is 4.99 Å². The van der Waals surface area contributed by atoms with Gasteiger partial charge in [-0.3, -0.25) is 4.99 Å². The van der Waals surface area contributed by atoms with E-state index in [0.29, 0.717) is 13.1 Å². The predicted octanol–water partition coefficient (Wildman–Crippen LogP) is 4.36. The first-order valence-corrected chi connectivity index (χ1v) is 10.5. The number of nitrogens with zero attached hydrogens (tertiary/aromatic N) is 3. The molecule has 2 aromatic carbocycles. The molecule has 5 nitrogen and oxygen atoms in total. The normalized spacial score (nSPS) is 21.2. The van der Waals surface area contributed by atoms with Crippen molar-refractivity contribution in [1.82, 2.24) is 10.2 Å².